The lowest BCUT2D eigenvalue weighted by Gasteiger charge is -2.04. The van der Waals surface area contributed by atoms with Gasteiger partial charge >= 0.3 is 0 Å². The molecule has 3 nitrogen and oxygen atoms in total. The summed E-state index contributed by atoms with van der Waals surface area (Å²) in [6.45, 7) is 2.07. The van der Waals surface area contributed by atoms with E-state index in [2.05, 4.69) is 39.7 Å². The van der Waals surface area contributed by atoms with Crippen LogP contribution in [-0.4, -0.2) is 14.5 Å². The molecule has 0 unspecified atom stereocenters. The molecular formula is C13H11N3. The molecule has 0 saturated heterocycles. The predicted octanol–water partition coefficient (Wildman–Crippen LogP) is 2.73. The van der Waals surface area contributed by atoms with Crippen molar-refractivity contribution in [3.8, 4) is 5.95 Å². The fraction of sp³-hybridized carbons (Fsp3) is 0.0769. The Morgan fingerprint density at radius 2 is 1.75 bits per heavy atom. The number of aryl methyl sites for hydroxylation is 1. The maximum atomic E-state index is 4.28. The van der Waals surface area contributed by atoms with E-state index in [0.717, 1.165) is 17.2 Å². The zero-order valence-corrected chi connectivity index (χ0v) is 8.96. The van der Waals surface area contributed by atoms with Crippen LogP contribution < -0.4 is 0 Å². The molecule has 0 fully saturated rings. The largest absolute Gasteiger partial charge is 0.283 e. The highest BCUT2D eigenvalue weighted by Gasteiger charge is 2.07. The van der Waals surface area contributed by atoms with Crippen LogP contribution in [0.4, 0.5) is 0 Å². The summed E-state index contributed by atoms with van der Waals surface area (Å²) >= 11 is 0. The van der Waals surface area contributed by atoms with Gasteiger partial charge in [0.05, 0.1) is 5.52 Å². The van der Waals surface area contributed by atoms with Crippen molar-refractivity contribution in [1.82, 2.24) is 14.5 Å². The second kappa shape index (κ2) is 3.45. The lowest BCUT2D eigenvalue weighted by atomic mass is 10.2. The van der Waals surface area contributed by atoms with Gasteiger partial charge in [-0.3, -0.25) is 4.57 Å². The van der Waals surface area contributed by atoms with Crippen molar-refractivity contribution in [2.24, 2.45) is 0 Å². The number of para-hydroxylation sites is 1. The first-order valence-corrected chi connectivity index (χ1v) is 5.21. The molecule has 1 aromatic carbocycles. The number of hydrogen-bond acceptors (Lipinski definition) is 2. The van der Waals surface area contributed by atoms with E-state index in [9.17, 15) is 0 Å². The zero-order valence-electron chi connectivity index (χ0n) is 8.96. The Morgan fingerprint density at radius 1 is 1.00 bits per heavy atom. The predicted molar refractivity (Wildman–Crippen MR) is 63.6 cm³/mol. The molecule has 0 atom stereocenters. The first-order valence-electron chi connectivity index (χ1n) is 5.21. The highest BCUT2D eigenvalue weighted by atomic mass is 15.1. The number of nitrogens with zero attached hydrogens (tertiary/aromatic N) is 3. The summed E-state index contributed by atoms with van der Waals surface area (Å²) in [4.78, 5) is 8.57. The summed E-state index contributed by atoms with van der Waals surface area (Å²) in [5.41, 5.74) is 2.29. The van der Waals surface area contributed by atoms with Crippen molar-refractivity contribution in [2.75, 3.05) is 0 Å². The second-order valence-electron chi connectivity index (χ2n) is 3.73. The highest BCUT2D eigenvalue weighted by molar-refractivity contribution is 5.82. The molecule has 3 heteroatoms. The van der Waals surface area contributed by atoms with Crippen LogP contribution in [0, 0.1) is 6.92 Å². The average Bonchev–Trinajstić information content (AvgIpc) is 2.66. The van der Waals surface area contributed by atoms with E-state index in [1.807, 2.05) is 18.2 Å². The molecule has 0 bridgehead atoms. The molecule has 0 N–H and O–H groups in total. The minimum atomic E-state index is 0.723. The Hall–Kier alpha value is -2.16. The Labute approximate surface area is 93.4 Å². The van der Waals surface area contributed by atoms with Crippen molar-refractivity contribution in [3.05, 3.63) is 54.5 Å². The van der Waals surface area contributed by atoms with Crippen LogP contribution in [0.5, 0.6) is 0 Å². The first kappa shape index (κ1) is 9.09. The van der Waals surface area contributed by atoms with Gasteiger partial charge in [-0.15, -0.1) is 0 Å². The third-order valence-corrected chi connectivity index (χ3v) is 2.65. The molecule has 78 valence electrons. The van der Waals surface area contributed by atoms with Crippen molar-refractivity contribution < 1.29 is 0 Å². The third-order valence-electron chi connectivity index (χ3n) is 2.65. The third kappa shape index (κ3) is 1.29. The van der Waals surface area contributed by atoms with Gasteiger partial charge in [-0.1, -0.05) is 18.2 Å². The smallest absolute Gasteiger partial charge is 0.234 e. The lowest BCUT2D eigenvalue weighted by molar-refractivity contribution is 0.928. The van der Waals surface area contributed by atoms with E-state index < -0.39 is 0 Å². The first-order chi connectivity index (χ1) is 7.86. The highest BCUT2D eigenvalue weighted by Crippen LogP contribution is 2.21. The van der Waals surface area contributed by atoms with E-state index in [0.29, 0.717) is 0 Å². The van der Waals surface area contributed by atoms with E-state index >= 15 is 0 Å². The van der Waals surface area contributed by atoms with Crippen LogP contribution in [0.1, 0.15) is 5.69 Å². The summed E-state index contributed by atoms with van der Waals surface area (Å²) in [6, 6.07) is 12.2. The summed E-state index contributed by atoms with van der Waals surface area (Å²) in [5, 5.41) is 1.22. The molecule has 0 saturated carbocycles. The fourth-order valence-electron chi connectivity index (χ4n) is 1.96. The second-order valence-corrected chi connectivity index (χ2v) is 3.73. The summed E-state index contributed by atoms with van der Waals surface area (Å²) in [7, 11) is 0. The molecule has 2 heterocycles. The zero-order chi connectivity index (χ0) is 11.0. The van der Waals surface area contributed by atoms with Crippen LogP contribution in [0.25, 0.3) is 16.9 Å². The maximum absolute atomic E-state index is 4.28. The average molecular weight is 209 g/mol. The lowest BCUT2D eigenvalue weighted by Crippen LogP contribution is -2.01. The topological polar surface area (TPSA) is 30.7 Å². The molecular weight excluding hydrogens is 198 g/mol. The van der Waals surface area contributed by atoms with Gasteiger partial charge in [0.15, 0.2) is 0 Å². The summed E-state index contributed by atoms with van der Waals surface area (Å²) in [6.07, 6.45) is 3.52. The summed E-state index contributed by atoms with van der Waals surface area (Å²) < 4.78 is 2.06. The van der Waals surface area contributed by atoms with E-state index in [4.69, 9.17) is 0 Å². The normalized spacial score (nSPS) is 10.8. The van der Waals surface area contributed by atoms with Crippen LogP contribution >= 0.6 is 0 Å². The van der Waals surface area contributed by atoms with Crippen LogP contribution in [0.2, 0.25) is 0 Å². The van der Waals surface area contributed by atoms with Gasteiger partial charge in [-0.05, 0) is 25.1 Å². The van der Waals surface area contributed by atoms with Crippen molar-refractivity contribution >= 4 is 10.9 Å². The standard InChI is InChI=1S/C13H11N3/c1-10-9-11-5-2-3-6-12(11)16(10)13-14-7-4-8-15-13/h2-9H,1H3. The fourth-order valence-corrected chi connectivity index (χ4v) is 1.96. The van der Waals surface area contributed by atoms with Gasteiger partial charge in [0.1, 0.15) is 0 Å². The summed E-state index contributed by atoms with van der Waals surface area (Å²) in [5.74, 6) is 0.723. The van der Waals surface area contributed by atoms with Gasteiger partial charge in [0.25, 0.3) is 0 Å². The van der Waals surface area contributed by atoms with Crippen LogP contribution in [0.3, 0.4) is 0 Å². The van der Waals surface area contributed by atoms with Crippen LogP contribution in [0.15, 0.2) is 48.8 Å². The number of fused-ring (bicyclic) bond motifs is 1. The van der Waals surface area contributed by atoms with Gasteiger partial charge < -0.3 is 0 Å². The molecule has 0 aliphatic heterocycles. The van der Waals surface area contributed by atoms with Gasteiger partial charge in [-0.25, -0.2) is 9.97 Å². The molecule has 3 rings (SSSR count). The van der Waals surface area contributed by atoms with Gasteiger partial charge in [-0.2, -0.15) is 0 Å². The number of rotatable bonds is 1. The molecule has 0 aliphatic carbocycles. The van der Waals surface area contributed by atoms with E-state index in [1.165, 1.54) is 5.39 Å². The Balaban J connectivity index is 2.35. The number of hydrogen-bond donors (Lipinski definition) is 0. The minimum Gasteiger partial charge on any atom is -0.283 e. The molecule has 16 heavy (non-hydrogen) atoms. The minimum absolute atomic E-state index is 0.723. The molecule has 2 aromatic heterocycles. The monoisotopic (exact) mass is 209 g/mol. The number of aromatic nitrogens is 3. The van der Waals surface area contributed by atoms with E-state index in [1.54, 1.807) is 12.4 Å². The SMILES string of the molecule is Cc1cc2ccccc2n1-c1ncccn1. The number of benzene rings is 1. The van der Waals surface area contributed by atoms with Gasteiger partial charge in [0.2, 0.25) is 5.95 Å². The molecule has 3 aromatic rings. The molecule has 0 amide bonds. The molecule has 0 spiro atoms. The molecule has 0 aliphatic rings. The Kier molecular flexibility index (Phi) is 1.96. The van der Waals surface area contributed by atoms with Crippen molar-refractivity contribution in [3.63, 3.8) is 0 Å². The Morgan fingerprint density at radius 3 is 2.56 bits per heavy atom. The van der Waals surface area contributed by atoms with Crippen molar-refractivity contribution in [2.45, 2.75) is 6.92 Å². The van der Waals surface area contributed by atoms with Crippen LogP contribution in [-0.2, 0) is 0 Å². The quantitative estimate of drug-likeness (QED) is 0.617. The van der Waals surface area contributed by atoms with Crippen molar-refractivity contribution in [1.29, 1.82) is 0 Å². The van der Waals surface area contributed by atoms with E-state index in [-0.39, 0.29) is 0 Å². The van der Waals surface area contributed by atoms with Gasteiger partial charge in [0, 0.05) is 23.5 Å². The Bertz CT molecular complexity index is 626. The molecule has 0 radical (unpaired) electrons. The maximum Gasteiger partial charge on any atom is 0.234 e.